The molecule has 20 heavy (non-hydrogen) atoms. The number of benzene rings is 1. The van der Waals surface area contributed by atoms with Gasteiger partial charge in [-0.25, -0.2) is 0 Å². The van der Waals surface area contributed by atoms with Gasteiger partial charge in [0.05, 0.1) is 13.5 Å². The monoisotopic (exact) mass is 312 g/mol. The number of alkyl halides is 3. The molecule has 1 atom stereocenters. The van der Waals surface area contributed by atoms with Gasteiger partial charge in [-0.15, -0.1) is 0 Å². The molecule has 1 unspecified atom stereocenters. The molecule has 0 saturated carbocycles. The third-order valence-corrected chi connectivity index (χ3v) is 3.33. The summed E-state index contributed by atoms with van der Waals surface area (Å²) in [6, 6.07) is 7.22. The van der Waals surface area contributed by atoms with Crippen LogP contribution < -0.4 is 0 Å². The molecule has 0 aliphatic rings. The highest BCUT2D eigenvalue weighted by Gasteiger charge is 2.49. The quantitative estimate of drug-likeness (QED) is 0.473. The molecule has 0 spiro atoms. The molecule has 5 nitrogen and oxygen atoms in total. The van der Waals surface area contributed by atoms with E-state index in [1.165, 1.54) is 24.3 Å². The molecule has 0 bridgehead atoms. The van der Waals surface area contributed by atoms with E-state index in [9.17, 15) is 26.4 Å². The molecule has 0 heterocycles. The van der Waals surface area contributed by atoms with E-state index >= 15 is 0 Å². The molecule has 0 aliphatic carbocycles. The highest BCUT2D eigenvalue weighted by Crippen LogP contribution is 2.31. The fourth-order valence-electron chi connectivity index (χ4n) is 1.32. The van der Waals surface area contributed by atoms with Crippen LogP contribution in [0.5, 0.6) is 0 Å². The summed E-state index contributed by atoms with van der Waals surface area (Å²) in [5, 5.41) is 0. The maximum absolute atomic E-state index is 12.3. The Morgan fingerprint density at radius 2 is 1.80 bits per heavy atom. The SMILES string of the molecule is COC(=O)CC(OS(=O)(=O)C(F)(F)F)c1ccccc1. The van der Waals surface area contributed by atoms with Crippen molar-refractivity contribution < 1.29 is 35.3 Å². The average molecular weight is 312 g/mol. The van der Waals surface area contributed by atoms with Gasteiger partial charge in [0.2, 0.25) is 0 Å². The van der Waals surface area contributed by atoms with Crippen molar-refractivity contribution in [2.75, 3.05) is 7.11 Å². The van der Waals surface area contributed by atoms with Crippen molar-refractivity contribution >= 4 is 16.1 Å². The molecule has 0 radical (unpaired) electrons. The van der Waals surface area contributed by atoms with Crippen molar-refractivity contribution in [3.8, 4) is 0 Å². The van der Waals surface area contributed by atoms with E-state index in [0.717, 1.165) is 7.11 Å². The Morgan fingerprint density at radius 1 is 1.25 bits per heavy atom. The number of hydrogen-bond donors (Lipinski definition) is 0. The van der Waals surface area contributed by atoms with Gasteiger partial charge >= 0.3 is 21.6 Å². The summed E-state index contributed by atoms with van der Waals surface area (Å²) in [6.07, 6.45) is -2.26. The van der Waals surface area contributed by atoms with E-state index < -0.39 is 34.1 Å². The topological polar surface area (TPSA) is 69.7 Å². The van der Waals surface area contributed by atoms with E-state index in [2.05, 4.69) is 8.92 Å². The molecule has 0 fully saturated rings. The zero-order chi connectivity index (χ0) is 15.4. The van der Waals surface area contributed by atoms with Crippen molar-refractivity contribution in [2.24, 2.45) is 0 Å². The van der Waals surface area contributed by atoms with Crippen LogP contribution in [-0.4, -0.2) is 27.0 Å². The van der Waals surface area contributed by atoms with Crippen LogP contribution in [0.3, 0.4) is 0 Å². The minimum absolute atomic E-state index is 0.116. The van der Waals surface area contributed by atoms with Gasteiger partial charge in [0.1, 0.15) is 6.10 Å². The summed E-state index contributed by atoms with van der Waals surface area (Å²) in [5.41, 5.74) is -5.44. The molecule has 0 N–H and O–H groups in total. The third kappa shape index (κ3) is 4.20. The molecule has 112 valence electrons. The lowest BCUT2D eigenvalue weighted by molar-refractivity contribution is -0.142. The molecule has 1 aromatic carbocycles. The lowest BCUT2D eigenvalue weighted by Gasteiger charge is -2.17. The van der Waals surface area contributed by atoms with E-state index in [4.69, 9.17) is 0 Å². The fourth-order valence-corrected chi connectivity index (χ4v) is 1.91. The summed E-state index contributed by atoms with van der Waals surface area (Å²) in [7, 11) is -4.78. The van der Waals surface area contributed by atoms with Crippen LogP contribution in [0, 0.1) is 0 Å². The van der Waals surface area contributed by atoms with Gasteiger partial charge in [-0.3, -0.25) is 8.98 Å². The second-order valence-corrected chi connectivity index (χ2v) is 5.24. The first-order valence-electron chi connectivity index (χ1n) is 5.28. The predicted octanol–water partition coefficient (Wildman–Crippen LogP) is 2.16. The highest BCUT2D eigenvalue weighted by molar-refractivity contribution is 7.87. The number of esters is 1. The molecular weight excluding hydrogens is 301 g/mol. The van der Waals surface area contributed by atoms with E-state index in [0.29, 0.717) is 0 Å². The second-order valence-electron chi connectivity index (χ2n) is 3.68. The van der Waals surface area contributed by atoms with Gasteiger partial charge in [0, 0.05) is 0 Å². The van der Waals surface area contributed by atoms with Crippen LogP contribution in [0.15, 0.2) is 30.3 Å². The van der Waals surface area contributed by atoms with Gasteiger partial charge < -0.3 is 4.74 Å². The molecule has 1 aromatic rings. The molecule has 0 saturated heterocycles. The first-order chi connectivity index (χ1) is 9.17. The van der Waals surface area contributed by atoms with E-state index in [1.807, 2.05) is 0 Å². The molecule has 0 aliphatic heterocycles. The molecule has 1 rings (SSSR count). The smallest absolute Gasteiger partial charge is 0.469 e. The zero-order valence-corrected chi connectivity index (χ0v) is 11.1. The van der Waals surface area contributed by atoms with E-state index in [-0.39, 0.29) is 5.56 Å². The molecule has 0 amide bonds. The van der Waals surface area contributed by atoms with Crippen molar-refractivity contribution in [1.29, 1.82) is 0 Å². The van der Waals surface area contributed by atoms with Gasteiger partial charge in [-0.1, -0.05) is 30.3 Å². The lowest BCUT2D eigenvalue weighted by Crippen LogP contribution is -2.28. The maximum atomic E-state index is 12.3. The zero-order valence-electron chi connectivity index (χ0n) is 10.3. The Hall–Kier alpha value is -1.61. The number of halogens is 3. The predicted molar refractivity (Wildman–Crippen MR) is 61.9 cm³/mol. The second kappa shape index (κ2) is 6.23. The van der Waals surface area contributed by atoms with E-state index in [1.54, 1.807) is 6.07 Å². The van der Waals surface area contributed by atoms with Crippen LogP contribution in [0.2, 0.25) is 0 Å². The lowest BCUT2D eigenvalue weighted by atomic mass is 10.1. The summed E-state index contributed by atoms with van der Waals surface area (Å²) < 4.78 is 67.3. The van der Waals surface area contributed by atoms with Gasteiger partial charge in [-0.2, -0.15) is 21.6 Å². The first-order valence-corrected chi connectivity index (χ1v) is 6.69. The first kappa shape index (κ1) is 16.4. The summed E-state index contributed by atoms with van der Waals surface area (Å²) >= 11 is 0. The van der Waals surface area contributed by atoms with Crippen LogP contribution in [0.1, 0.15) is 18.1 Å². The summed E-state index contributed by atoms with van der Waals surface area (Å²) in [4.78, 5) is 11.2. The Morgan fingerprint density at radius 3 is 2.25 bits per heavy atom. The van der Waals surface area contributed by atoms with Crippen molar-refractivity contribution in [3.63, 3.8) is 0 Å². The van der Waals surface area contributed by atoms with Gasteiger partial charge in [-0.05, 0) is 5.56 Å². The van der Waals surface area contributed by atoms with Crippen LogP contribution in [-0.2, 0) is 23.8 Å². The summed E-state index contributed by atoms with van der Waals surface area (Å²) in [5.74, 6) is -0.892. The standard InChI is InChI=1S/C11H11F3O5S/c1-18-10(15)7-9(8-5-3-2-4-6-8)19-20(16,17)11(12,13)14/h2-6,9H,7H2,1H3. The Kier molecular flexibility index (Phi) is 5.12. The highest BCUT2D eigenvalue weighted by atomic mass is 32.2. The number of carbonyl (C=O) groups is 1. The number of ether oxygens (including phenoxy) is 1. The maximum Gasteiger partial charge on any atom is 0.523 e. The Balaban J connectivity index is 3.04. The van der Waals surface area contributed by atoms with Crippen LogP contribution in [0.25, 0.3) is 0 Å². The minimum Gasteiger partial charge on any atom is -0.469 e. The number of hydrogen-bond acceptors (Lipinski definition) is 5. The summed E-state index contributed by atoms with van der Waals surface area (Å²) in [6.45, 7) is 0. The fraction of sp³-hybridized carbons (Fsp3) is 0.364. The minimum atomic E-state index is -5.81. The van der Waals surface area contributed by atoms with Crippen LogP contribution >= 0.6 is 0 Å². The van der Waals surface area contributed by atoms with Crippen molar-refractivity contribution in [3.05, 3.63) is 35.9 Å². The average Bonchev–Trinajstić information content (AvgIpc) is 2.37. The van der Waals surface area contributed by atoms with Gasteiger partial charge in [0.25, 0.3) is 0 Å². The molecule has 9 heteroatoms. The number of carbonyl (C=O) groups excluding carboxylic acids is 1. The number of methoxy groups -OCH3 is 1. The van der Waals surface area contributed by atoms with Crippen molar-refractivity contribution in [2.45, 2.75) is 18.0 Å². The third-order valence-electron chi connectivity index (χ3n) is 2.28. The Labute approximate surface area is 113 Å². The van der Waals surface area contributed by atoms with Crippen molar-refractivity contribution in [1.82, 2.24) is 0 Å². The Bertz CT molecular complexity index is 553. The largest absolute Gasteiger partial charge is 0.523 e. The normalized spacial score (nSPS) is 13.8. The number of rotatable bonds is 5. The molecule has 0 aromatic heterocycles. The molecular formula is C11H11F3O5S. The van der Waals surface area contributed by atoms with Gasteiger partial charge in [0.15, 0.2) is 0 Å². The van der Waals surface area contributed by atoms with Crippen LogP contribution in [0.4, 0.5) is 13.2 Å².